The second kappa shape index (κ2) is 7.22. The first-order valence-corrected chi connectivity index (χ1v) is 9.59. The fourth-order valence-corrected chi connectivity index (χ4v) is 4.03. The summed E-state index contributed by atoms with van der Waals surface area (Å²) in [6.07, 6.45) is 7.73. The minimum atomic E-state index is 0.114. The number of H-pyrrole nitrogens is 1. The molecule has 6 heteroatoms. The number of morpholine rings is 1. The van der Waals surface area contributed by atoms with Crippen molar-refractivity contribution in [2.24, 2.45) is 7.05 Å². The Balaban J connectivity index is 1.43. The van der Waals surface area contributed by atoms with Gasteiger partial charge < -0.3 is 14.3 Å². The van der Waals surface area contributed by atoms with Crippen LogP contribution in [0.15, 0.2) is 61.2 Å². The van der Waals surface area contributed by atoms with Crippen LogP contribution in [-0.4, -0.2) is 44.2 Å². The van der Waals surface area contributed by atoms with Crippen molar-refractivity contribution >= 4 is 10.9 Å². The number of para-hydroxylation sites is 1. The molecule has 0 bridgehead atoms. The predicted octanol–water partition coefficient (Wildman–Crippen LogP) is 3.54. The van der Waals surface area contributed by atoms with Gasteiger partial charge in [0.2, 0.25) is 0 Å². The number of nitrogens with one attached hydrogen (secondary N) is 1. The molecule has 1 unspecified atom stereocenters. The molecule has 1 aromatic carbocycles. The van der Waals surface area contributed by atoms with E-state index in [-0.39, 0.29) is 6.04 Å². The molecule has 1 N–H and O–H groups in total. The standard InChI is InChI=1S/C22H23N5O/c1-26-13-17(18-4-2-3-5-20(18)26)14-27-10-11-28-15-21(27)22-24-12-19(25-22)16-6-8-23-9-7-16/h2-9,12-13,21H,10-11,14-15H2,1H3,(H,24,25). The summed E-state index contributed by atoms with van der Waals surface area (Å²) in [6, 6.07) is 12.7. The molecule has 142 valence electrons. The van der Waals surface area contributed by atoms with Crippen molar-refractivity contribution in [1.82, 2.24) is 24.4 Å². The zero-order valence-corrected chi connectivity index (χ0v) is 15.9. The smallest absolute Gasteiger partial charge is 0.126 e. The summed E-state index contributed by atoms with van der Waals surface area (Å²) in [7, 11) is 2.11. The third kappa shape index (κ3) is 3.10. The summed E-state index contributed by atoms with van der Waals surface area (Å²) in [6.45, 7) is 3.16. The molecule has 6 nitrogen and oxygen atoms in total. The van der Waals surface area contributed by atoms with E-state index < -0.39 is 0 Å². The van der Waals surface area contributed by atoms with Crippen LogP contribution in [0.5, 0.6) is 0 Å². The molecule has 0 radical (unpaired) electrons. The van der Waals surface area contributed by atoms with E-state index >= 15 is 0 Å². The number of hydrogen-bond acceptors (Lipinski definition) is 4. The molecular formula is C22H23N5O. The monoisotopic (exact) mass is 373 g/mol. The van der Waals surface area contributed by atoms with Gasteiger partial charge in [0.25, 0.3) is 0 Å². The van der Waals surface area contributed by atoms with Gasteiger partial charge in [-0.15, -0.1) is 0 Å². The van der Waals surface area contributed by atoms with Gasteiger partial charge in [-0.25, -0.2) is 4.98 Å². The van der Waals surface area contributed by atoms with Crippen LogP contribution >= 0.6 is 0 Å². The summed E-state index contributed by atoms with van der Waals surface area (Å²) >= 11 is 0. The summed E-state index contributed by atoms with van der Waals surface area (Å²) in [5, 5.41) is 1.31. The number of imidazole rings is 1. The first kappa shape index (κ1) is 17.2. The highest BCUT2D eigenvalue weighted by Gasteiger charge is 2.28. The topological polar surface area (TPSA) is 59.0 Å². The highest BCUT2D eigenvalue weighted by atomic mass is 16.5. The van der Waals surface area contributed by atoms with E-state index in [2.05, 4.69) is 61.9 Å². The van der Waals surface area contributed by atoms with Gasteiger partial charge in [-0.05, 0) is 23.8 Å². The number of nitrogens with zero attached hydrogens (tertiary/aromatic N) is 4. The largest absolute Gasteiger partial charge is 0.378 e. The molecule has 5 rings (SSSR count). The Labute approximate surface area is 163 Å². The number of hydrogen-bond donors (Lipinski definition) is 1. The Morgan fingerprint density at radius 2 is 2.04 bits per heavy atom. The second-order valence-corrected chi connectivity index (χ2v) is 7.26. The van der Waals surface area contributed by atoms with E-state index in [1.54, 1.807) is 12.4 Å². The number of pyridine rings is 1. The first-order chi connectivity index (χ1) is 13.8. The maximum atomic E-state index is 5.80. The quantitative estimate of drug-likeness (QED) is 0.594. The molecule has 1 aliphatic heterocycles. The van der Waals surface area contributed by atoms with Gasteiger partial charge in [-0.1, -0.05) is 18.2 Å². The average molecular weight is 373 g/mol. The summed E-state index contributed by atoms with van der Waals surface area (Å²) in [5.41, 5.74) is 4.70. The number of fused-ring (bicyclic) bond motifs is 1. The molecule has 1 saturated heterocycles. The van der Waals surface area contributed by atoms with Crippen LogP contribution in [-0.2, 0) is 18.3 Å². The van der Waals surface area contributed by atoms with Gasteiger partial charge in [0.15, 0.2) is 0 Å². The normalized spacial score (nSPS) is 18.0. The van der Waals surface area contributed by atoms with Gasteiger partial charge >= 0.3 is 0 Å². The lowest BCUT2D eigenvalue weighted by Gasteiger charge is -2.34. The van der Waals surface area contributed by atoms with Crippen molar-refractivity contribution < 1.29 is 4.74 Å². The van der Waals surface area contributed by atoms with Crippen molar-refractivity contribution in [3.63, 3.8) is 0 Å². The van der Waals surface area contributed by atoms with Gasteiger partial charge in [-0.2, -0.15) is 0 Å². The molecule has 1 aliphatic rings. The van der Waals surface area contributed by atoms with Crippen LogP contribution in [0.25, 0.3) is 22.2 Å². The lowest BCUT2D eigenvalue weighted by atomic mass is 10.1. The van der Waals surface area contributed by atoms with E-state index in [1.165, 1.54) is 16.5 Å². The molecule has 0 saturated carbocycles. The number of rotatable bonds is 4. The molecule has 3 aromatic heterocycles. The van der Waals surface area contributed by atoms with Crippen LogP contribution in [0.2, 0.25) is 0 Å². The van der Waals surface area contributed by atoms with Crippen LogP contribution in [0.3, 0.4) is 0 Å². The third-order valence-electron chi connectivity index (χ3n) is 5.49. The van der Waals surface area contributed by atoms with Crippen molar-refractivity contribution in [1.29, 1.82) is 0 Å². The third-order valence-corrected chi connectivity index (χ3v) is 5.49. The van der Waals surface area contributed by atoms with E-state index in [0.29, 0.717) is 6.61 Å². The molecule has 28 heavy (non-hydrogen) atoms. The predicted molar refractivity (Wildman–Crippen MR) is 109 cm³/mol. The first-order valence-electron chi connectivity index (χ1n) is 9.59. The summed E-state index contributed by atoms with van der Waals surface area (Å²) in [5.74, 6) is 0.951. The van der Waals surface area contributed by atoms with Crippen LogP contribution in [0.1, 0.15) is 17.4 Å². The van der Waals surface area contributed by atoms with Crippen molar-refractivity contribution in [3.8, 4) is 11.3 Å². The Hall–Kier alpha value is -2.96. The van der Waals surface area contributed by atoms with Gasteiger partial charge in [-0.3, -0.25) is 9.88 Å². The molecule has 0 spiro atoms. The molecule has 1 fully saturated rings. The Morgan fingerprint density at radius 3 is 2.93 bits per heavy atom. The minimum absolute atomic E-state index is 0.114. The zero-order valence-electron chi connectivity index (χ0n) is 15.9. The van der Waals surface area contributed by atoms with Crippen LogP contribution < -0.4 is 0 Å². The molecule has 4 aromatic rings. The molecule has 0 aliphatic carbocycles. The van der Waals surface area contributed by atoms with E-state index in [0.717, 1.165) is 36.8 Å². The van der Waals surface area contributed by atoms with Crippen molar-refractivity contribution in [2.75, 3.05) is 19.8 Å². The highest BCUT2D eigenvalue weighted by Crippen LogP contribution is 2.29. The Kier molecular flexibility index (Phi) is 4.43. The van der Waals surface area contributed by atoms with Gasteiger partial charge in [0.1, 0.15) is 5.82 Å². The SMILES string of the molecule is Cn1cc(CN2CCOCC2c2ncc(-c3ccncc3)[nH]2)c2ccccc21. The fourth-order valence-electron chi connectivity index (χ4n) is 4.03. The fraction of sp³-hybridized carbons (Fsp3) is 0.273. The Bertz CT molecular complexity index is 1080. The number of aromatic nitrogens is 4. The summed E-state index contributed by atoms with van der Waals surface area (Å²) < 4.78 is 8.00. The number of aryl methyl sites for hydroxylation is 1. The van der Waals surface area contributed by atoms with Crippen LogP contribution in [0, 0.1) is 0 Å². The maximum Gasteiger partial charge on any atom is 0.126 e. The van der Waals surface area contributed by atoms with Gasteiger partial charge in [0, 0.05) is 55.2 Å². The van der Waals surface area contributed by atoms with E-state index in [1.807, 2.05) is 18.3 Å². The molecule has 0 amide bonds. The molecular weight excluding hydrogens is 350 g/mol. The number of benzene rings is 1. The number of ether oxygens (including phenoxy) is 1. The van der Waals surface area contributed by atoms with Crippen LogP contribution in [0.4, 0.5) is 0 Å². The van der Waals surface area contributed by atoms with E-state index in [9.17, 15) is 0 Å². The van der Waals surface area contributed by atoms with Gasteiger partial charge in [0.05, 0.1) is 31.1 Å². The molecule has 4 heterocycles. The lowest BCUT2D eigenvalue weighted by molar-refractivity contribution is -0.0154. The van der Waals surface area contributed by atoms with E-state index in [4.69, 9.17) is 4.74 Å². The summed E-state index contributed by atoms with van der Waals surface area (Å²) in [4.78, 5) is 14.7. The molecule has 1 atom stereocenters. The minimum Gasteiger partial charge on any atom is -0.378 e. The Morgan fingerprint density at radius 1 is 1.18 bits per heavy atom. The van der Waals surface area contributed by atoms with Crippen molar-refractivity contribution in [2.45, 2.75) is 12.6 Å². The number of aromatic amines is 1. The second-order valence-electron chi connectivity index (χ2n) is 7.26. The lowest BCUT2D eigenvalue weighted by Crippen LogP contribution is -2.39. The maximum absolute atomic E-state index is 5.80. The van der Waals surface area contributed by atoms with Crippen molar-refractivity contribution in [3.05, 3.63) is 72.6 Å². The average Bonchev–Trinajstić information content (AvgIpc) is 3.35. The zero-order chi connectivity index (χ0) is 18.9. The highest BCUT2D eigenvalue weighted by molar-refractivity contribution is 5.83.